The molecule has 2 aromatic rings. The molecule has 7 heteroatoms. The average molecular weight is 325 g/mol. The van der Waals surface area contributed by atoms with Crippen molar-refractivity contribution in [2.24, 2.45) is 5.10 Å². The van der Waals surface area contributed by atoms with Crippen LogP contribution < -0.4 is 14.9 Å². The van der Waals surface area contributed by atoms with Gasteiger partial charge in [-0.2, -0.15) is 10.4 Å². The van der Waals surface area contributed by atoms with E-state index in [2.05, 4.69) is 10.5 Å². The van der Waals surface area contributed by atoms with E-state index in [4.69, 9.17) is 14.7 Å². The van der Waals surface area contributed by atoms with E-state index >= 15 is 0 Å². The molecule has 0 saturated carbocycles. The van der Waals surface area contributed by atoms with E-state index < -0.39 is 5.91 Å². The minimum atomic E-state index is -0.396. The van der Waals surface area contributed by atoms with Crippen molar-refractivity contribution in [1.29, 1.82) is 5.26 Å². The smallest absolute Gasteiger partial charge is 0.271 e. The number of phenols is 1. The molecule has 0 bridgehead atoms. The van der Waals surface area contributed by atoms with Crippen molar-refractivity contribution in [3.63, 3.8) is 0 Å². The zero-order valence-electron chi connectivity index (χ0n) is 12.9. The Morgan fingerprint density at radius 3 is 2.71 bits per heavy atom. The lowest BCUT2D eigenvalue weighted by Crippen LogP contribution is -2.17. The first-order valence-electron chi connectivity index (χ1n) is 6.94. The van der Waals surface area contributed by atoms with Gasteiger partial charge in [0.25, 0.3) is 5.91 Å². The molecule has 7 nitrogen and oxygen atoms in total. The summed E-state index contributed by atoms with van der Waals surface area (Å²) in [7, 11) is 1.49. The van der Waals surface area contributed by atoms with Crippen LogP contribution in [0.1, 0.15) is 15.9 Å². The van der Waals surface area contributed by atoms with Crippen molar-refractivity contribution in [3.05, 3.63) is 53.6 Å². The molecule has 0 unspecified atom stereocenters. The molecule has 0 aliphatic rings. The van der Waals surface area contributed by atoms with Crippen LogP contribution in [0.3, 0.4) is 0 Å². The summed E-state index contributed by atoms with van der Waals surface area (Å²) in [5, 5.41) is 21.6. The Balaban J connectivity index is 2.02. The van der Waals surface area contributed by atoms with Crippen molar-refractivity contribution in [1.82, 2.24) is 5.43 Å². The quantitative estimate of drug-likeness (QED) is 0.625. The van der Waals surface area contributed by atoms with Gasteiger partial charge >= 0.3 is 0 Å². The van der Waals surface area contributed by atoms with Crippen molar-refractivity contribution in [2.45, 2.75) is 0 Å². The van der Waals surface area contributed by atoms with Gasteiger partial charge in [-0.05, 0) is 48.0 Å². The number of carbonyl (C=O) groups excluding carboxylic acids is 1. The fourth-order valence-electron chi connectivity index (χ4n) is 1.84. The zero-order chi connectivity index (χ0) is 17.4. The summed E-state index contributed by atoms with van der Waals surface area (Å²) in [6.07, 6.45) is 1.45. The lowest BCUT2D eigenvalue weighted by molar-refractivity contribution is 0.0955. The maximum atomic E-state index is 11.9. The van der Waals surface area contributed by atoms with E-state index in [1.54, 1.807) is 18.2 Å². The molecule has 122 valence electrons. The highest BCUT2D eigenvalue weighted by Gasteiger charge is 2.06. The van der Waals surface area contributed by atoms with Crippen LogP contribution in [-0.4, -0.2) is 30.9 Å². The number of benzene rings is 2. The standard InChI is InChI=1S/C17H15N3O4/c1-23-16-10-12(2-7-15(16)24-9-8-18)11-19-20-17(22)13-3-5-14(21)6-4-13/h2-7,10-11,21H,9H2,1H3,(H,20,22)/b19-11-. The number of rotatable bonds is 6. The van der Waals surface area contributed by atoms with Crippen molar-refractivity contribution < 1.29 is 19.4 Å². The molecule has 0 aliphatic carbocycles. The first-order chi connectivity index (χ1) is 11.6. The summed E-state index contributed by atoms with van der Waals surface area (Å²) in [5.41, 5.74) is 3.45. The van der Waals surface area contributed by atoms with E-state index in [0.717, 1.165) is 0 Å². The fourth-order valence-corrected chi connectivity index (χ4v) is 1.84. The number of methoxy groups -OCH3 is 1. The van der Waals surface area contributed by atoms with E-state index in [0.29, 0.717) is 22.6 Å². The number of nitrogens with zero attached hydrogens (tertiary/aromatic N) is 2. The Labute approximate surface area is 138 Å². The second-order valence-electron chi connectivity index (χ2n) is 4.60. The Kier molecular flexibility index (Phi) is 5.75. The second-order valence-corrected chi connectivity index (χ2v) is 4.60. The topological polar surface area (TPSA) is 104 Å². The minimum Gasteiger partial charge on any atom is -0.508 e. The summed E-state index contributed by atoms with van der Waals surface area (Å²) in [4.78, 5) is 11.9. The van der Waals surface area contributed by atoms with E-state index in [1.165, 1.54) is 37.6 Å². The summed E-state index contributed by atoms with van der Waals surface area (Å²) in [5.74, 6) is 0.594. The molecule has 0 spiro atoms. The van der Waals surface area contributed by atoms with Gasteiger partial charge in [0.2, 0.25) is 0 Å². The van der Waals surface area contributed by atoms with Crippen molar-refractivity contribution in [2.75, 3.05) is 13.7 Å². The van der Waals surface area contributed by atoms with Gasteiger partial charge in [-0.15, -0.1) is 0 Å². The average Bonchev–Trinajstić information content (AvgIpc) is 2.60. The normalized spacial score (nSPS) is 10.2. The number of nitriles is 1. The molecule has 0 aromatic heterocycles. The van der Waals surface area contributed by atoms with Crippen LogP contribution in [-0.2, 0) is 0 Å². The predicted molar refractivity (Wildman–Crippen MR) is 87.3 cm³/mol. The number of phenolic OH excluding ortho intramolecular Hbond substituents is 1. The van der Waals surface area contributed by atoms with Gasteiger partial charge in [0.05, 0.1) is 13.3 Å². The Morgan fingerprint density at radius 1 is 1.29 bits per heavy atom. The SMILES string of the molecule is COc1cc(/C=N\NC(=O)c2ccc(O)cc2)ccc1OCC#N. The lowest BCUT2D eigenvalue weighted by atomic mass is 10.2. The van der Waals surface area contributed by atoms with Gasteiger partial charge in [0, 0.05) is 5.56 Å². The van der Waals surface area contributed by atoms with Gasteiger partial charge in [-0.3, -0.25) is 4.79 Å². The molecule has 0 aliphatic heterocycles. The van der Waals surface area contributed by atoms with Gasteiger partial charge < -0.3 is 14.6 Å². The van der Waals surface area contributed by atoms with Gasteiger partial charge in [-0.1, -0.05) is 0 Å². The molecule has 2 N–H and O–H groups in total. The Morgan fingerprint density at radius 2 is 2.04 bits per heavy atom. The van der Waals surface area contributed by atoms with Gasteiger partial charge in [0.1, 0.15) is 11.8 Å². The maximum absolute atomic E-state index is 11.9. The first-order valence-corrected chi connectivity index (χ1v) is 6.94. The molecule has 1 amide bonds. The predicted octanol–water partition coefficient (Wildman–Crippen LogP) is 2.07. The number of aromatic hydroxyl groups is 1. The van der Waals surface area contributed by atoms with Crippen LogP contribution in [0.25, 0.3) is 0 Å². The third kappa shape index (κ3) is 4.48. The third-order valence-electron chi connectivity index (χ3n) is 2.99. The third-order valence-corrected chi connectivity index (χ3v) is 2.99. The van der Waals surface area contributed by atoms with Crippen molar-refractivity contribution in [3.8, 4) is 23.3 Å². The summed E-state index contributed by atoms with van der Waals surface area (Å²) < 4.78 is 10.4. The Hall–Kier alpha value is -3.53. The number of carbonyl (C=O) groups is 1. The van der Waals surface area contributed by atoms with Crippen LogP contribution in [0.5, 0.6) is 17.2 Å². The van der Waals surface area contributed by atoms with Gasteiger partial charge in [0.15, 0.2) is 18.1 Å². The Bertz CT molecular complexity index is 779. The first kappa shape index (κ1) is 16.8. The van der Waals surface area contributed by atoms with E-state index in [9.17, 15) is 9.90 Å². The highest BCUT2D eigenvalue weighted by atomic mass is 16.5. The van der Waals surface area contributed by atoms with Crippen LogP contribution in [0.4, 0.5) is 0 Å². The summed E-state index contributed by atoms with van der Waals surface area (Å²) in [6, 6.07) is 12.7. The highest BCUT2D eigenvalue weighted by molar-refractivity contribution is 5.95. The van der Waals surface area contributed by atoms with E-state index in [-0.39, 0.29) is 12.4 Å². The number of hydrogen-bond donors (Lipinski definition) is 2. The molecule has 2 rings (SSSR count). The van der Waals surface area contributed by atoms with Crippen LogP contribution in [0, 0.1) is 11.3 Å². The van der Waals surface area contributed by atoms with Crippen LogP contribution in [0.2, 0.25) is 0 Å². The summed E-state index contributed by atoms with van der Waals surface area (Å²) >= 11 is 0. The molecule has 24 heavy (non-hydrogen) atoms. The molecule has 0 heterocycles. The molecule has 0 radical (unpaired) electrons. The van der Waals surface area contributed by atoms with E-state index in [1.807, 2.05) is 6.07 Å². The summed E-state index contributed by atoms with van der Waals surface area (Å²) in [6.45, 7) is -0.0769. The molecule has 0 atom stereocenters. The van der Waals surface area contributed by atoms with Crippen molar-refractivity contribution >= 4 is 12.1 Å². The van der Waals surface area contributed by atoms with Gasteiger partial charge in [-0.25, -0.2) is 5.43 Å². The number of hydrogen-bond acceptors (Lipinski definition) is 6. The number of amides is 1. The van der Waals surface area contributed by atoms with Crippen LogP contribution in [0.15, 0.2) is 47.6 Å². The largest absolute Gasteiger partial charge is 0.508 e. The molecule has 2 aromatic carbocycles. The monoisotopic (exact) mass is 325 g/mol. The highest BCUT2D eigenvalue weighted by Crippen LogP contribution is 2.27. The minimum absolute atomic E-state index is 0.0769. The number of hydrazone groups is 1. The number of nitrogens with one attached hydrogen (secondary N) is 1. The molecular weight excluding hydrogens is 310 g/mol. The zero-order valence-corrected chi connectivity index (χ0v) is 12.9. The molecular formula is C17H15N3O4. The molecule has 0 fully saturated rings. The maximum Gasteiger partial charge on any atom is 0.271 e. The van der Waals surface area contributed by atoms with Crippen LogP contribution >= 0.6 is 0 Å². The lowest BCUT2D eigenvalue weighted by Gasteiger charge is -2.08. The number of ether oxygens (including phenoxy) is 2. The second kappa shape index (κ2) is 8.19. The molecule has 0 saturated heterocycles. The fraction of sp³-hybridized carbons (Fsp3) is 0.118.